The quantitative estimate of drug-likeness (QED) is 0.787. The van der Waals surface area contributed by atoms with Crippen LogP contribution in [0.5, 0.6) is 0 Å². The van der Waals surface area contributed by atoms with Gasteiger partial charge in [0, 0.05) is 18.0 Å². The number of hydrogen-bond acceptors (Lipinski definition) is 3. The van der Waals surface area contributed by atoms with Crippen molar-refractivity contribution in [2.45, 2.75) is 25.4 Å². The number of carbonyl (C=O) groups excluding carboxylic acids is 2. The van der Waals surface area contributed by atoms with E-state index in [1.165, 1.54) is 12.0 Å². The lowest BCUT2D eigenvalue weighted by molar-refractivity contribution is -0.149. The number of amides is 1. The van der Waals surface area contributed by atoms with Gasteiger partial charge in [-0.15, -0.1) is 0 Å². The molecule has 1 aromatic rings. The first-order chi connectivity index (χ1) is 8.63. The Labute approximate surface area is 110 Å². The van der Waals surface area contributed by atoms with E-state index < -0.39 is 6.04 Å². The fourth-order valence-corrected chi connectivity index (χ4v) is 2.32. The molecule has 1 amide bonds. The number of methoxy groups -OCH3 is 1. The number of carbonyl (C=O) groups is 2. The van der Waals surface area contributed by atoms with E-state index >= 15 is 0 Å². The molecule has 0 aliphatic carbocycles. The molecule has 2 rings (SSSR count). The smallest absolute Gasteiger partial charge is 0.328 e. The number of likely N-dealkylation sites (tertiary alicyclic amines) is 1. The molecular formula is C13H14ClNO3. The van der Waals surface area contributed by atoms with Gasteiger partial charge in [0.25, 0.3) is 0 Å². The van der Waals surface area contributed by atoms with Gasteiger partial charge in [-0.25, -0.2) is 4.79 Å². The van der Waals surface area contributed by atoms with Gasteiger partial charge in [-0.1, -0.05) is 29.8 Å². The number of rotatable bonds is 3. The van der Waals surface area contributed by atoms with E-state index in [0.29, 0.717) is 24.4 Å². The Morgan fingerprint density at radius 3 is 2.89 bits per heavy atom. The van der Waals surface area contributed by atoms with E-state index in [-0.39, 0.29) is 11.9 Å². The summed E-state index contributed by atoms with van der Waals surface area (Å²) in [6.07, 6.45) is 0.889. The molecule has 1 atom stereocenters. The van der Waals surface area contributed by atoms with Gasteiger partial charge < -0.3 is 9.64 Å². The second kappa shape index (κ2) is 5.40. The lowest BCUT2D eigenvalue weighted by Crippen LogP contribution is -2.38. The summed E-state index contributed by atoms with van der Waals surface area (Å²) in [6, 6.07) is 6.82. The van der Waals surface area contributed by atoms with Crippen LogP contribution in [0.3, 0.4) is 0 Å². The summed E-state index contributed by atoms with van der Waals surface area (Å²) < 4.78 is 4.71. The molecule has 5 heteroatoms. The minimum absolute atomic E-state index is 0.0367. The first-order valence-corrected chi connectivity index (χ1v) is 6.12. The molecule has 0 saturated carbocycles. The van der Waals surface area contributed by atoms with Gasteiger partial charge in [0.1, 0.15) is 6.04 Å². The van der Waals surface area contributed by atoms with Crippen LogP contribution < -0.4 is 0 Å². The second-order valence-electron chi connectivity index (χ2n) is 4.19. The molecule has 0 spiro atoms. The first kappa shape index (κ1) is 12.9. The maximum absolute atomic E-state index is 11.8. The number of halogens is 1. The zero-order chi connectivity index (χ0) is 13.1. The van der Waals surface area contributed by atoms with Gasteiger partial charge in [-0.3, -0.25) is 4.79 Å². The summed E-state index contributed by atoms with van der Waals surface area (Å²) in [6.45, 7) is 0.346. The van der Waals surface area contributed by atoms with E-state index in [1.54, 1.807) is 6.07 Å². The van der Waals surface area contributed by atoms with Gasteiger partial charge in [-0.2, -0.15) is 0 Å². The van der Waals surface area contributed by atoms with Gasteiger partial charge in [0.05, 0.1) is 7.11 Å². The van der Waals surface area contributed by atoms with Gasteiger partial charge in [-0.05, 0) is 18.1 Å². The maximum atomic E-state index is 11.8. The van der Waals surface area contributed by atoms with Gasteiger partial charge >= 0.3 is 5.97 Å². The molecule has 1 aliphatic heterocycles. The van der Waals surface area contributed by atoms with Crippen LogP contribution in [-0.4, -0.2) is 29.9 Å². The molecule has 0 radical (unpaired) electrons. The average molecular weight is 268 g/mol. The van der Waals surface area contributed by atoms with E-state index in [4.69, 9.17) is 16.3 Å². The summed E-state index contributed by atoms with van der Waals surface area (Å²) in [5.74, 6) is -0.404. The molecule has 96 valence electrons. The number of ether oxygens (including phenoxy) is 1. The number of benzene rings is 1. The molecule has 0 unspecified atom stereocenters. The minimum atomic E-state index is -0.487. The van der Waals surface area contributed by atoms with Crippen LogP contribution in [-0.2, 0) is 20.9 Å². The fourth-order valence-electron chi connectivity index (χ4n) is 2.12. The highest BCUT2D eigenvalue weighted by atomic mass is 35.5. The monoisotopic (exact) mass is 267 g/mol. The molecule has 1 fully saturated rings. The molecule has 0 bridgehead atoms. The van der Waals surface area contributed by atoms with E-state index in [9.17, 15) is 9.59 Å². The minimum Gasteiger partial charge on any atom is -0.467 e. The number of esters is 1. The van der Waals surface area contributed by atoms with Crippen LogP contribution in [0, 0.1) is 0 Å². The Hall–Kier alpha value is -1.55. The third kappa shape index (κ3) is 2.48. The van der Waals surface area contributed by atoms with Crippen LogP contribution in [0.15, 0.2) is 24.3 Å². The van der Waals surface area contributed by atoms with Crippen LogP contribution in [0.1, 0.15) is 18.4 Å². The van der Waals surface area contributed by atoms with Crippen molar-refractivity contribution < 1.29 is 14.3 Å². The molecule has 18 heavy (non-hydrogen) atoms. The maximum Gasteiger partial charge on any atom is 0.328 e. The topological polar surface area (TPSA) is 46.6 Å². The summed E-state index contributed by atoms with van der Waals surface area (Å²) in [5.41, 5.74) is 0.836. The predicted molar refractivity (Wildman–Crippen MR) is 67.0 cm³/mol. The highest BCUT2D eigenvalue weighted by molar-refractivity contribution is 6.31. The third-order valence-corrected chi connectivity index (χ3v) is 3.47. The second-order valence-corrected chi connectivity index (χ2v) is 4.60. The molecule has 1 heterocycles. The van der Waals surface area contributed by atoms with Crippen molar-refractivity contribution >= 4 is 23.5 Å². The number of hydrogen-bond donors (Lipinski definition) is 0. The standard InChI is InChI=1S/C13H14ClNO3/c1-18-13(17)11-6-7-12(16)15(11)8-9-4-2-3-5-10(9)14/h2-5,11H,6-8H2,1H3/t11-/m0/s1. The molecular weight excluding hydrogens is 254 g/mol. The fraction of sp³-hybridized carbons (Fsp3) is 0.385. The molecule has 0 aromatic heterocycles. The van der Waals surface area contributed by atoms with Crippen molar-refractivity contribution in [3.63, 3.8) is 0 Å². The normalized spacial score (nSPS) is 19.1. The van der Waals surface area contributed by atoms with Crippen molar-refractivity contribution in [2.24, 2.45) is 0 Å². The van der Waals surface area contributed by atoms with Crippen molar-refractivity contribution in [1.29, 1.82) is 0 Å². The largest absolute Gasteiger partial charge is 0.467 e. The van der Waals surface area contributed by atoms with E-state index in [2.05, 4.69) is 0 Å². The van der Waals surface area contributed by atoms with Crippen molar-refractivity contribution in [3.05, 3.63) is 34.9 Å². The SMILES string of the molecule is COC(=O)[C@@H]1CCC(=O)N1Cc1ccccc1Cl. The summed E-state index contributed by atoms with van der Waals surface area (Å²) >= 11 is 6.06. The zero-order valence-corrected chi connectivity index (χ0v) is 10.8. The zero-order valence-electron chi connectivity index (χ0n) is 10.1. The van der Waals surface area contributed by atoms with Crippen molar-refractivity contribution in [2.75, 3.05) is 7.11 Å². The highest BCUT2D eigenvalue weighted by Crippen LogP contribution is 2.25. The lowest BCUT2D eigenvalue weighted by Gasteiger charge is -2.23. The summed E-state index contributed by atoms with van der Waals surface area (Å²) in [4.78, 5) is 24.9. The molecule has 4 nitrogen and oxygen atoms in total. The summed E-state index contributed by atoms with van der Waals surface area (Å²) in [7, 11) is 1.33. The molecule has 0 N–H and O–H groups in total. The van der Waals surface area contributed by atoms with Crippen molar-refractivity contribution in [3.8, 4) is 0 Å². The van der Waals surface area contributed by atoms with Crippen LogP contribution in [0.4, 0.5) is 0 Å². The Morgan fingerprint density at radius 2 is 2.22 bits per heavy atom. The summed E-state index contributed by atoms with van der Waals surface area (Å²) in [5, 5.41) is 0.598. The molecule has 1 aromatic carbocycles. The lowest BCUT2D eigenvalue weighted by atomic mass is 10.2. The van der Waals surface area contributed by atoms with Gasteiger partial charge in [0.2, 0.25) is 5.91 Å². The first-order valence-electron chi connectivity index (χ1n) is 5.74. The van der Waals surface area contributed by atoms with E-state index in [0.717, 1.165) is 5.56 Å². The Kier molecular flexibility index (Phi) is 3.87. The predicted octanol–water partition coefficient (Wildman–Crippen LogP) is 2.00. The average Bonchev–Trinajstić information content (AvgIpc) is 2.73. The van der Waals surface area contributed by atoms with Gasteiger partial charge in [0.15, 0.2) is 0 Å². The Balaban J connectivity index is 2.18. The Bertz CT molecular complexity index is 475. The highest BCUT2D eigenvalue weighted by Gasteiger charge is 2.36. The molecule has 1 aliphatic rings. The molecule has 1 saturated heterocycles. The van der Waals surface area contributed by atoms with Crippen LogP contribution >= 0.6 is 11.6 Å². The van der Waals surface area contributed by atoms with E-state index in [1.807, 2.05) is 18.2 Å². The van der Waals surface area contributed by atoms with Crippen LogP contribution in [0.2, 0.25) is 5.02 Å². The Morgan fingerprint density at radius 1 is 1.50 bits per heavy atom. The number of nitrogens with zero attached hydrogens (tertiary/aromatic N) is 1. The third-order valence-electron chi connectivity index (χ3n) is 3.10. The van der Waals surface area contributed by atoms with Crippen LogP contribution in [0.25, 0.3) is 0 Å². The van der Waals surface area contributed by atoms with Crippen molar-refractivity contribution in [1.82, 2.24) is 4.90 Å².